The zero-order valence-electron chi connectivity index (χ0n) is 7.02. The second-order valence-electron chi connectivity index (χ2n) is 2.37. The summed E-state index contributed by atoms with van der Waals surface area (Å²) in [4.78, 5) is 11.0. The van der Waals surface area contributed by atoms with Gasteiger partial charge < -0.3 is 4.74 Å². The second kappa shape index (κ2) is 4.89. The number of hydrogen-bond donors (Lipinski definition) is 0. The van der Waals surface area contributed by atoms with E-state index in [2.05, 4.69) is 17.9 Å². The molecule has 0 aromatic rings. The first-order valence-corrected chi connectivity index (χ1v) is 4.53. The average Bonchev–Trinajstić information content (AvgIpc) is 2.01. The molecule has 0 saturated carbocycles. The summed E-state index contributed by atoms with van der Waals surface area (Å²) in [6, 6.07) is 0. The normalized spacial score (nSPS) is 13.2. The van der Waals surface area contributed by atoms with Crippen LogP contribution < -0.4 is 0 Å². The molecule has 1 unspecified atom stereocenters. The van der Waals surface area contributed by atoms with Gasteiger partial charge in [0.2, 0.25) is 0 Å². The first-order valence-electron chi connectivity index (χ1n) is 3.34. The Bertz CT molecular complexity index is 236. The molecule has 13 heavy (non-hydrogen) atoms. The summed E-state index contributed by atoms with van der Waals surface area (Å²) in [5.74, 6) is -0.697. The van der Waals surface area contributed by atoms with Gasteiger partial charge in [-0.3, -0.25) is 0 Å². The first-order chi connectivity index (χ1) is 5.81. The quantitative estimate of drug-likeness (QED) is 0.328. The molecule has 0 N–H and O–H groups in total. The number of alkyl halides is 3. The largest absolute Gasteiger partial charge is 0.423 e. The van der Waals surface area contributed by atoms with Crippen LogP contribution in [0.2, 0.25) is 0 Å². The van der Waals surface area contributed by atoms with Crippen LogP contribution in [0.15, 0.2) is 24.8 Å². The van der Waals surface area contributed by atoms with Gasteiger partial charge in [0, 0.05) is 5.57 Å². The summed E-state index contributed by atoms with van der Waals surface area (Å²) in [5, 5.41) is -0.876. The van der Waals surface area contributed by atoms with Crippen molar-refractivity contribution >= 4 is 40.8 Å². The predicted molar refractivity (Wildman–Crippen MR) is 55.2 cm³/mol. The summed E-state index contributed by atoms with van der Waals surface area (Å²) in [5.41, 5.74) is 0.193. The fourth-order valence-electron chi connectivity index (χ4n) is 0.404. The minimum absolute atomic E-state index is 0.193. The molecule has 0 bridgehead atoms. The Morgan fingerprint density at radius 3 is 2.38 bits per heavy atom. The second-order valence-corrected chi connectivity index (χ2v) is 4.16. The molecule has 0 rings (SSSR count). The number of ether oxygens (including phenoxy) is 1. The van der Waals surface area contributed by atoms with Crippen LogP contribution in [-0.2, 0) is 9.53 Å². The molecule has 0 aliphatic heterocycles. The molecular weight excluding hydrogens is 234 g/mol. The van der Waals surface area contributed by atoms with Crippen molar-refractivity contribution < 1.29 is 9.53 Å². The van der Waals surface area contributed by atoms with Gasteiger partial charge in [0.05, 0.1) is 0 Å². The van der Waals surface area contributed by atoms with E-state index >= 15 is 0 Å². The smallest absolute Gasteiger partial charge is 0.335 e. The molecule has 2 nitrogen and oxygen atoms in total. The van der Waals surface area contributed by atoms with E-state index < -0.39 is 15.9 Å². The molecule has 74 valence electrons. The van der Waals surface area contributed by atoms with E-state index in [1.165, 1.54) is 13.0 Å². The van der Waals surface area contributed by atoms with Crippen molar-refractivity contribution in [2.45, 2.75) is 16.8 Å². The molecule has 0 spiro atoms. The number of hydrogen-bond acceptors (Lipinski definition) is 2. The van der Waals surface area contributed by atoms with Gasteiger partial charge in [-0.25, -0.2) is 4.79 Å². The molecule has 0 aromatic heterocycles. The van der Waals surface area contributed by atoms with E-state index in [0.29, 0.717) is 0 Å². The summed E-state index contributed by atoms with van der Waals surface area (Å²) in [7, 11) is 0. The van der Waals surface area contributed by atoms with Gasteiger partial charge in [-0.05, 0) is 6.92 Å². The van der Waals surface area contributed by atoms with E-state index in [1.807, 2.05) is 0 Å². The Balaban J connectivity index is 4.41. The van der Waals surface area contributed by atoms with Crippen molar-refractivity contribution in [1.29, 1.82) is 0 Å². The average molecular weight is 244 g/mol. The zero-order chi connectivity index (χ0) is 10.6. The Morgan fingerprint density at radius 1 is 1.62 bits per heavy atom. The monoisotopic (exact) mass is 242 g/mol. The third-order valence-electron chi connectivity index (χ3n) is 1.11. The van der Waals surface area contributed by atoms with Crippen LogP contribution in [-0.4, -0.2) is 15.9 Å². The lowest BCUT2D eigenvalue weighted by atomic mass is 10.3. The molecular formula is C8H9Cl3O2. The summed E-state index contributed by atoms with van der Waals surface area (Å²) in [6.45, 7) is 8.20. The van der Waals surface area contributed by atoms with Crippen molar-refractivity contribution in [1.82, 2.24) is 0 Å². The third-order valence-corrected chi connectivity index (χ3v) is 2.44. The summed E-state index contributed by atoms with van der Waals surface area (Å²) in [6.07, 6.45) is 1.27. The summed E-state index contributed by atoms with van der Waals surface area (Å²) >= 11 is 16.8. The molecule has 5 heteroatoms. The SMILES string of the molecule is C=CC(Cl)C(Cl)(Cl)OC(=O)C(=C)C. The highest BCUT2D eigenvalue weighted by Crippen LogP contribution is 2.32. The minimum atomic E-state index is -1.81. The highest BCUT2D eigenvalue weighted by atomic mass is 35.5. The predicted octanol–water partition coefficient (Wildman–Crippen LogP) is 3.03. The highest BCUT2D eigenvalue weighted by molar-refractivity contribution is 6.52. The zero-order valence-corrected chi connectivity index (χ0v) is 9.29. The van der Waals surface area contributed by atoms with Gasteiger partial charge in [0.1, 0.15) is 5.38 Å². The maximum Gasteiger partial charge on any atom is 0.335 e. The maximum absolute atomic E-state index is 11.0. The lowest BCUT2D eigenvalue weighted by Crippen LogP contribution is -2.31. The fourth-order valence-corrected chi connectivity index (χ4v) is 0.767. The van der Waals surface area contributed by atoms with Gasteiger partial charge in [-0.1, -0.05) is 35.9 Å². The third kappa shape index (κ3) is 4.03. The Kier molecular flexibility index (Phi) is 4.82. The molecule has 0 fully saturated rings. The molecule has 0 aliphatic rings. The molecule has 1 atom stereocenters. The van der Waals surface area contributed by atoms with Gasteiger partial charge in [-0.15, -0.1) is 18.2 Å². The molecule has 0 radical (unpaired) electrons. The highest BCUT2D eigenvalue weighted by Gasteiger charge is 2.36. The van der Waals surface area contributed by atoms with Gasteiger partial charge in [-0.2, -0.15) is 0 Å². The number of carbonyl (C=O) groups excluding carboxylic acids is 1. The van der Waals surface area contributed by atoms with Crippen molar-refractivity contribution in [2.24, 2.45) is 0 Å². The molecule has 0 aromatic carbocycles. The standard InChI is InChI=1S/C8H9Cl3O2/c1-4-6(9)8(10,11)13-7(12)5(2)3/h4,6H,1-2H2,3H3. The van der Waals surface area contributed by atoms with Gasteiger partial charge in [0.25, 0.3) is 4.52 Å². The van der Waals surface area contributed by atoms with Crippen LogP contribution in [0.5, 0.6) is 0 Å². The maximum atomic E-state index is 11.0. The van der Waals surface area contributed by atoms with E-state index in [0.717, 1.165) is 0 Å². The van der Waals surface area contributed by atoms with Crippen LogP contribution in [0.3, 0.4) is 0 Å². The van der Waals surface area contributed by atoms with Crippen LogP contribution in [0.1, 0.15) is 6.92 Å². The number of esters is 1. The van der Waals surface area contributed by atoms with Crippen LogP contribution >= 0.6 is 34.8 Å². The minimum Gasteiger partial charge on any atom is -0.423 e. The van der Waals surface area contributed by atoms with E-state index in [1.54, 1.807) is 0 Å². The van der Waals surface area contributed by atoms with Gasteiger partial charge >= 0.3 is 5.97 Å². The lowest BCUT2D eigenvalue weighted by molar-refractivity contribution is -0.142. The van der Waals surface area contributed by atoms with Crippen LogP contribution in [0.4, 0.5) is 0 Å². The molecule has 0 heterocycles. The fraction of sp³-hybridized carbons (Fsp3) is 0.375. The van der Waals surface area contributed by atoms with E-state index in [-0.39, 0.29) is 5.57 Å². The van der Waals surface area contributed by atoms with E-state index in [9.17, 15) is 4.79 Å². The molecule has 0 aliphatic carbocycles. The lowest BCUT2D eigenvalue weighted by Gasteiger charge is -2.22. The van der Waals surface area contributed by atoms with Crippen LogP contribution in [0.25, 0.3) is 0 Å². The summed E-state index contributed by atoms with van der Waals surface area (Å²) < 4.78 is 2.83. The number of halogens is 3. The van der Waals surface area contributed by atoms with Crippen molar-refractivity contribution in [3.8, 4) is 0 Å². The Morgan fingerprint density at radius 2 is 2.08 bits per heavy atom. The van der Waals surface area contributed by atoms with Crippen molar-refractivity contribution in [3.63, 3.8) is 0 Å². The Labute approximate surface area is 92.1 Å². The Hall–Kier alpha value is -0.180. The number of carbonyl (C=O) groups is 1. The van der Waals surface area contributed by atoms with E-state index in [4.69, 9.17) is 34.8 Å². The van der Waals surface area contributed by atoms with Gasteiger partial charge in [0.15, 0.2) is 0 Å². The molecule has 0 saturated heterocycles. The molecule has 0 amide bonds. The van der Waals surface area contributed by atoms with Crippen LogP contribution in [0, 0.1) is 0 Å². The van der Waals surface area contributed by atoms with Crippen molar-refractivity contribution in [3.05, 3.63) is 24.8 Å². The number of rotatable bonds is 4. The first kappa shape index (κ1) is 12.8. The van der Waals surface area contributed by atoms with Crippen molar-refractivity contribution in [2.75, 3.05) is 0 Å². The topological polar surface area (TPSA) is 26.3 Å².